The van der Waals surface area contributed by atoms with Gasteiger partial charge in [0.1, 0.15) is 0 Å². The molecule has 0 aromatic heterocycles. The molecule has 0 bridgehead atoms. The van der Waals surface area contributed by atoms with Crippen molar-refractivity contribution in [3.8, 4) is 17.2 Å². The van der Waals surface area contributed by atoms with E-state index in [1.807, 2.05) is 0 Å². The van der Waals surface area contributed by atoms with Gasteiger partial charge in [0.05, 0.1) is 14.2 Å². The van der Waals surface area contributed by atoms with Crippen LogP contribution in [0.3, 0.4) is 0 Å². The van der Waals surface area contributed by atoms with E-state index in [2.05, 4.69) is 0 Å². The number of aliphatic carboxylic acids is 1. The zero-order valence-electron chi connectivity index (χ0n) is 8.52. The molecule has 5 heteroatoms. The lowest BCUT2D eigenvalue weighted by Crippen LogP contribution is -2.10. The zero-order valence-corrected chi connectivity index (χ0v) is 8.52. The summed E-state index contributed by atoms with van der Waals surface area (Å²) in [6, 6.07) is 5.06. The minimum Gasteiger partial charge on any atom is -0.493 e. The minimum atomic E-state index is -1.05. The standard InChI is InChI=1S/C10H12O5/c1-13-7-4-3-5-8(14-2)10(7)15-6-9(11)12/h3-5H,6H2,1-2H3,(H,11,12). The molecule has 1 rings (SSSR count). The van der Waals surface area contributed by atoms with Gasteiger partial charge in [-0.15, -0.1) is 0 Å². The Morgan fingerprint density at radius 2 is 1.80 bits per heavy atom. The molecule has 0 aliphatic carbocycles. The lowest BCUT2D eigenvalue weighted by molar-refractivity contribution is -0.139. The number of hydrogen-bond acceptors (Lipinski definition) is 4. The van der Waals surface area contributed by atoms with Gasteiger partial charge in [-0.05, 0) is 12.1 Å². The number of carboxylic acid groups (broad SMARTS) is 1. The van der Waals surface area contributed by atoms with Crippen LogP contribution in [0.15, 0.2) is 18.2 Å². The second-order valence-corrected chi connectivity index (χ2v) is 2.67. The summed E-state index contributed by atoms with van der Waals surface area (Å²) < 4.78 is 15.1. The molecular weight excluding hydrogens is 200 g/mol. The molecule has 0 aliphatic heterocycles. The highest BCUT2D eigenvalue weighted by molar-refractivity contribution is 5.69. The number of rotatable bonds is 5. The number of carbonyl (C=O) groups is 1. The van der Waals surface area contributed by atoms with Gasteiger partial charge in [-0.3, -0.25) is 0 Å². The molecule has 15 heavy (non-hydrogen) atoms. The first-order valence-electron chi connectivity index (χ1n) is 4.24. The Morgan fingerprint density at radius 3 is 2.20 bits per heavy atom. The van der Waals surface area contributed by atoms with Crippen LogP contribution in [0.5, 0.6) is 17.2 Å². The number of ether oxygens (including phenoxy) is 3. The van der Waals surface area contributed by atoms with Crippen molar-refractivity contribution in [2.75, 3.05) is 20.8 Å². The Morgan fingerprint density at radius 1 is 1.27 bits per heavy atom. The highest BCUT2D eigenvalue weighted by Gasteiger charge is 2.12. The monoisotopic (exact) mass is 212 g/mol. The van der Waals surface area contributed by atoms with E-state index < -0.39 is 12.6 Å². The van der Waals surface area contributed by atoms with Gasteiger partial charge in [0.2, 0.25) is 5.75 Å². The van der Waals surface area contributed by atoms with Gasteiger partial charge in [0, 0.05) is 0 Å². The molecule has 0 spiro atoms. The van der Waals surface area contributed by atoms with Crippen LogP contribution < -0.4 is 14.2 Å². The van der Waals surface area contributed by atoms with Crippen LogP contribution in [0, 0.1) is 0 Å². The Balaban J connectivity index is 2.94. The number of benzene rings is 1. The van der Waals surface area contributed by atoms with Crippen LogP contribution in [0.25, 0.3) is 0 Å². The fourth-order valence-corrected chi connectivity index (χ4v) is 1.09. The second-order valence-electron chi connectivity index (χ2n) is 2.67. The summed E-state index contributed by atoms with van der Waals surface area (Å²) >= 11 is 0. The Kier molecular flexibility index (Phi) is 3.79. The molecule has 0 heterocycles. The average Bonchev–Trinajstić information content (AvgIpc) is 2.25. The molecule has 5 nitrogen and oxygen atoms in total. The summed E-state index contributed by atoms with van der Waals surface area (Å²) in [6.07, 6.45) is 0. The van der Waals surface area contributed by atoms with Crippen LogP contribution in [-0.2, 0) is 4.79 Å². The van der Waals surface area contributed by atoms with Gasteiger partial charge in [-0.2, -0.15) is 0 Å². The Bertz CT molecular complexity index is 325. The SMILES string of the molecule is COc1cccc(OC)c1OCC(=O)O. The fraction of sp³-hybridized carbons (Fsp3) is 0.300. The number of hydrogen-bond donors (Lipinski definition) is 1. The highest BCUT2D eigenvalue weighted by atomic mass is 16.5. The number of methoxy groups -OCH3 is 2. The molecule has 0 saturated heterocycles. The van der Waals surface area contributed by atoms with Crippen molar-refractivity contribution in [1.82, 2.24) is 0 Å². The first kappa shape index (κ1) is 11.2. The molecule has 0 aliphatic rings. The normalized spacial score (nSPS) is 9.47. The van der Waals surface area contributed by atoms with E-state index in [-0.39, 0.29) is 0 Å². The third-order valence-electron chi connectivity index (χ3n) is 1.72. The van der Waals surface area contributed by atoms with Crippen molar-refractivity contribution in [1.29, 1.82) is 0 Å². The molecule has 0 saturated carbocycles. The molecule has 1 N–H and O–H groups in total. The molecule has 0 radical (unpaired) electrons. The van der Waals surface area contributed by atoms with Crippen LogP contribution in [0.4, 0.5) is 0 Å². The third kappa shape index (κ3) is 2.77. The molecule has 0 fully saturated rings. The van der Waals surface area contributed by atoms with Gasteiger partial charge in [-0.1, -0.05) is 6.07 Å². The van der Waals surface area contributed by atoms with E-state index in [0.29, 0.717) is 17.2 Å². The molecule has 1 aromatic rings. The summed E-state index contributed by atoms with van der Waals surface area (Å²) in [7, 11) is 2.95. The van der Waals surface area contributed by atoms with Crippen molar-refractivity contribution in [3.63, 3.8) is 0 Å². The van der Waals surface area contributed by atoms with Gasteiger partial charge in [0.25, 0.3) is 0 Å². The van der Waals surface area contributed by atoms with E-state index in [1.54, 1.807) is 18.2 Å². The molecular formula is C10H12O5. The first-order chi connectivity index (χ1) is 7.19. The average molecular weight is 212 g/mol. The quantitative estimate of drug-likeness (QED) is 0.793. The lowest BCUT2D eigenvalue weighted by Gasteiger charge is -2.12. The summed E-state index contributed by atoms with van der Waals surface area (Å²) in [6.45, 7) is -0.434. The first-order valence-corrected chi connectivity index (χ1v) is 4.24. The van der Waals surface area contributed by atoms with Crippen LogP contribution in [0.2, 0.25) is 0 Å². The molecule has 0 unspecified atom stereocenters. The minimum absolute atomic E-state index is 0.296. The third-order valence-corrected chi connectivity index (χ3v) is 1.72. The van der Waals surface area contributed by atoms with E-state index >= 15 is 0 Å². The van der Waals surface area contributed by atoms with Gasteiger partial charge >= 0.3 is 5.97 Å². The summed E-state index contributed by atoms with van der Waals surface area (Å²) in [5.74, 6) is 0.124. The molecule has 1 aromatic carbocycles. The van der Waals surface area contributed by atoms with Gasteiger partial charge in [-0.25, -0.2) is 4.79 Å². The van der Waals surface area contributed by atoms with Gasteiger partial charge < -0.3 is 19.3 Å². The van der Waals surface area contributed by atoms with E-state index in [4.69, 9.17) is 19.3 Å². The Labute approximate surface area is 87.2 Å². The van der Waals surface area contributed by atoms with Crippen molar-refractivity contribution < 1.29 is 24.1 Å². The van der Waals surface area contributed by atoms with Crippen LogP contribution >= 0.6 is 0 Å². The predicted octanol–water partition coefficient (Wildman–Crippen LogP) is 1.17. The van der Waals surface area contributed by atoms with Crippen molar-refractivity contribution in [3.05, 3.63) is 18.2 Å². The summed E-state index contributed by atoms with van der Waals surface area (Å²) in [5, 5.41) is 8.50. The number of carboxylic acids is 1. The topological polar surface area (TPSA) is 65.0 Å². The highest BCUT2D eigenvalue weighted by Crippen LogP contribution is 2.36. The second kappa shape index (κ2) is 5.09. The predicted molar refractivity (Wildman–Crippen MR) is 52.7 cm³/mol. The van der Waals surface area contributed by atoms with Crippen LogP contribution in [-0.4, -0.2) is 31.9 Å². The van der Waals surface area contributed by atoms with Crippen LogP contribution in [0.1, 0.15) is 0 Å². The maximum atomic E-state index is 10.4. The van der Waals surface area contributed by atoms with E-state index in [1.165, 1.54) is 14.2 Å². The molecule has 0 amide bonds. The van der Waals surface area contributed by atoms with Gasteiger partial charge in [0.15, 0.2) is 18.1 Å². The van der Waals surface area contributed by atoms with Crippen molar-refractivity contribution in [2.24, 2.45) is 0 Å². The van der Waals surface area contributed by atoms with Crippen molar-refractivity contribution >= 4 is 5.97 Å². The summed E-state index contributed by atoms with van der Waals surface area (Å²) in [4.78, 5) is 10.4. The van der Waals surface area contributed by atoms with Crippen molar-refractivity contribution in [2.45, 2.75) is 0 Å². The molecule has 0 atom stereocenters. The maximum Gasteiger partial charge on any atom is 0.341 e. The Hall–Kier alpha value is -1.91. The maximum absolute atomic E-state index is 10.4. The zero-order chi connectivity index (χ0) is 11.3. The van der Waals surface area contributed by atoms with E-state index in [9.17, 15) is 4.79 Å². The van der Waals surface area contributed by atoms with E-state index in [0.717, 1.165) is 0 Å². The smallest absolute Gasteiger partial charge is 0.341 e. The summed E-state index contributed by atoms with van der Waals surface area (Å²) in [5.41, 5.74) is 0. The lowest BCUT2D eigenvalue weighted by atomic mass is 10.3. The molecule has 82 valence electrons. The fourth-order valence-electron chi connectivity index (χ4n) is 1.09. The largest absolute Gasteiger partial charge is 0.493 e. The number of para-hydroxylation sites is 1.